The lowest BCUT2D eigenvalue weighted by atomic mass is 9.68. The molecule has 0 N–H and O–H groups in total. The van der Waals surface area contributed by atoms with E-state index in [0.717, 1.165) is 45.6 Å². The minimum atomic E-state index is 0.218. The Morgan fingerprint density at radius 3 is 2.41 bits per heavy atom. The van der Waals surface area contributed by atoms with E-state index in [9.17, 15) is 4.79 Å². The van der Waals surface area contributed by atoms with Gasteiger partial charge in [0.05, 0.1) is 13.2 Å². The quantitative estimate of drug-likeness (QED) is 0.802. The minimum absolute atomic E-state index is 0.218. The fraction of sp³-hybridized carbons (Fsp3) is 0.682. The van der Waals surface area contributed by atoms with E-state index in [1.807, 2.05) is 4.90 Å². The highest BCUT2D eigenvalue weighted by Crippen LogP contribution is 2.45. The Kier molecular flexibility index (Phi) is 5.69. The lowest BCUT2D eigenvalue weighted by Gasteiger charge is -2.50. The summed E-state index contributed by atoms with van der Waals surface area (Å²) in [4.78, 5) is 19.5. The van der Waals surface area contributed by atoms with E-state index >= 15 is 0 Å². The molecule has 3 fully saturated rings. The van der Waals surface area contributed by atoms with Crippen LogP contribution in [0.15, 0.2) is 30.3 Å². The van der Waals surface area contributed by atoms with Gasteiger partial charge >= 0.3 is 6.03 Å². The molecule has 0 saturated carbocycles. The van der Waals surface area contributed by atoms with Crippen LogP contribution in [-0.4, -0.2) is 79.8 Å². The van der Waals surface area contributed by atoms with Crippen molar-refractivity contribution in [1.82, 2.24) is 14.7 Å². The van der Waals surface area contributed by atoms with Gasteiger partial charge in [-0.2, -0.15) is 0 Å². The molecule has 1 spiro atoms. The molecule has 1 atom stereocenters. The number of likely N-dealkylation sites (tertiary alicyclic amines) is 2. The van der Waals surface area contributed by atoms with Gasteiger partial charge in [0.15, 0.2) is 0 Å². The van der Waals surface area contributed by atoms with Gasteiger partial charge in [-0.1, -0.05) is 37.3 Å². The Balaban J connectivity index is 1.41. The fourth-order valence-corrected chi connectivity index (χ4v) is 5.18. The van der Waals surface area contributed by atoms with Gasteiger partial charge in [-0.05, 0) is 42.7 Å². The van der Waals surface area contributed by atoms with Crippen LogP contribution in [0.4, 0.5) is 4.79 Å². The van der Waals surface area contributed by atoms with Crippen LogP contribution in [0, 0.1) is 5.41 Å². The van der Waals surface area contributed by atoms with Crippen molar-refractivity contribution in [1.29, 1.82) is 0 Å². The number of carbonyl (C=O) groups excluding carboxylic acids is 1. The molecule has 4 rings (SSSR count). The average molecular weight is 372 g/mol. The maximum Gasteiger partial charge on any atom is 0.320 e. The molecule has 0 aromatic heterocycles. The second-order valence-electron chi connectivity index (χ2n) is 8.51. The van der Waals surface area contributed by atoms with Gasteiger partial charge < -0.3 is 19.4 Å². The van der Waals surface area contributed by atoms with Crippen molar-refractivity contribution in [3.63, 3.8) is 0 Å². The van der Waals surface area contributed by atoms with Crippen molar-refractivity contribution >= 4 is 6.03 Å². The number of amides is 2. The number of piperidine rings is 2. The number of carbonyl (C=O) groups is 1. The van der Waals surface area contributed by atoms with Gasteiger partial charge in [0.2, 0.25) is 0 Å². The molecule has 3 aliphatic rings. The summed E-state index contributed by atoms with van der Waals surface area (Å²) in [6, 6.07) is 11.2. The molecule has 0 radical (unpaired) electrons. The van der Waals surface area contributed by atoms with E-state index in [0.29, 0.717) is 24.5 Å². The Labute approximate surface area is 163 Å². The van der Waals surface area contributed by atoms with Gasteiger partial charge in [-0.25, -0.2) is 4.79 Å². The number of morpholine rings is 1. The summed E-state index contributed by atoms with van der Waals surface area (Å²) in [6.07, 6.45) is 3.51. The van der Waals surface area contributed by atoms with Crippen LogP contribution >= 0.6 is 0 Å². The molecule has 0 bridgehead atoms. The summed E-state index contributed by atoms with van der Waals surface area (Å²) >= 11 is 0. The molecule has 3 aliphatic heterocycles. The first-order valence-electron chi connectivity index (χ1n) is 10.6. The van der Waals surface area contributed by atoms with Crippen LogP contribution < -0.4 is 0 Å². The number of hydrogen-bond acceptors (Lipinski definition) is 3. The number of ether oxygens (including phenoxy) is 1. The van der Waals surface area contributed by atoms with Crippen LogP contribution in [0.3, 0.4) is 0 Å². The predicted molar refractivity (Wildman–Crippen MR) is 107 cm³/mol. The molecule has 5 heteroatoms. The topological polar surface area (TPSA) is 36.0 Å². The lowest BCUT2D eigenvalue weighted by molar-refractivity contribution is 0.00993. The first-order valence-corrected chi connectivity index (χ1v) is 10.6. The summed E-state index contributed by atoms with van der Waals surface area (Å²) in [5.74, 6) is 0.612. The number of hydrogen-bond donors (Lipinski definition) is 0. The third-order valence-corrected chi connectivity index (χ3v) is 6.81. The van der Waals surface area contributed by atoms with Crippen LogP contribution in [0.25, 0.3) is 0 Å². The summed E-state index contributed by atoms with van der Waals surface area (Å²) in [7, 11) is 0. The van der Waals surface area contributed by atoms with Crippen LogP contribution in [0.2, 0.25) is 0 Å². The molecule has 27 heavy (non-hydrogen) atoms. The van der Waals surface area contributed by atoms with E-state index < -0.39 is 0 Å². The molecule has 3 heterocycles. The Morgan fingerprint density at radius 1 is 1.07 bits per heavy atom. The van der Waals surface area contributed by atoms with E-state index in [4.69, 9.17) is 4.74 Å². The van der Waals surface area contributed by atoms with Gasteiger partial charge in [0, 0.05) is 39.3 Å². The van der Waals surface area contributed by atoms with Crippen molar-refractivity contribution in [2.24, 2.45) is 5.41 Å². The zero-order valence-corrected chi connectivity index (χ0v) is 16.6. The van der Waals surface area contributed by atoms with Crippen LogP contribution in [0.1, 0.15) is 37.7 Å². The van der Waals surface area contributed by atoms with Gasteiger partial charge in [-0.3, -0.25) is 0 Å². The molecule has 148 valence electrons. The third kappa shape index (κ3) is 4.14. The summed E-state index contributed by atoms with van der Waals surface area (Å²) in [6.45, 7) is 10.4. The Morgan fingerprint density at radius 2 is 1.74 bits per heavy atom. The Hall–Kier alpha value is -1.59. The smallest absolute Gasteiger partial charge is 0.320 e. The number of urea groups is 1. The fourth-order valence-electron chi connectivity index (χ4n) is 5.18. The first-order chi connectivity index (χ1) is 13.2. The molecule has 1 aromatic rings. The zero-order chi connectivity index (χ0) is 18.7. The molecule has 3 saturated heterocycles. The molecular weight excluding hydrogens is 338 g/mol. The molecule has 2 amide bonds. The van der Waals surface area contributed by atoms with Crippen molar-refractivity contribution in [2.45, 2.75) is 32.1 Å². The average Bonchev–Trinajstić information content (AvgIpc) is 2.75. The lowest BCUT2D eigenvalue weighted by Crippen LogP contribution is -2.55. The normalized spacial score (nSPS) is 26.3. The highest BCUT2D eigenvalue weighted by molar-refractivity contribution is 5.74. The minimum Gasteiger partial charge on any atom is -0.378 e. The third-order valence-electron chi connectivity index (χ3n) is 6.81. The van der Waals surface area contributed by atoms with E-state index in [1.165, 1.54) is 25.1 Å². The Bertz CT molecular complexity index is 622. The van der Waals surface area contributed by atoms with Crippen molar-refractivity contribution in [3.8, 4) is 0 Å². The van der Waals surface area contributed by atoms with E-state index in [-0.39, 0.29) is 6.03 Å². The second-order valence-corrected chi connectivity index (χ2v) is 8.51. The first kappa shape index (κ1) is 18.8. The molecule has 5 nitrogen and oxygen atoms in total. The molecular formula is C22H33N3O2. The van der Waals surface area contributed by atoms with Gasteiger partial charge in [0.1, 0.15) is 0 Å². The monoisotopic (exact) mass is 371 g/mol. The largest absolute Gasteiger partial charge is 0.378 e. The number of rotatable bonds is 2. The summed E-state index contributed by atoms with van der Waals surface area (Å²) in [5, 5.41) is 0. The maximum absolute atomic E-state index is 12.8. The highest BCUT2D eigenvalue weighted by Gasteiger charge is 2.43. The van der Waals surface area contributed by atoms with E-state index in [1.54, 1.807) is 0 Å². The van der Waals surface area contributed by atoms with Crippen molar-refractivity contribution in [3.05, 3.63) is 35.9 Å². The molecule has 1 aromatic carbocycles. The van der Waals surface area contributed by atoms with Gasteiger partial charge in [-0.15, -0.1) is 0 Å². The van der Waals surface area contributed by atoms with Crippen molar-refractivity contribution < 1.29 is 9.53 Å². The van der Waals surface area contributed by atoms with Crippen molar-refractivity contribution in [2.75, 3.05) is 59.0 Å². The second kappa shape index (κ2) is 8.19. The predicted octanol–water partition coefficient (Wildman–Crippen LogP) is 3.03. The number of nitrogens with zero attached hydrogens (tertiary/aromatic N) is 3. The number of likely N-dealkylation sites (N-methyl/N-ethyl adjacent to an activating group) is 1. The highest BCUT2D eigenvalue weighted by atomic mass is 16.5. The van der Waals surface area contributed by atoms with E-state index in [2.05, 4.69) is 47.1 Å². The van der Waals surface area contributed by atoms with Gasteiger partial charge in [0.25, 0.3) is 0 Å². The molecule has 0 aliphatic carbocycles. The maximum atomic E-state index is 12.8. The van der Waals surface area contributed by atoms with Crippen LogP contribution in [-0.2, 0) is 4.74 Å². The summed E-state index contributed by atoms with van der Waals surface area (Å²) in [5.41, 5.74) is 1.83. The standard InChI is InChI=1S/C22H33N3O2/c1-2-23-17-20(19-6-4-3-5-7-19)16-22(18-23)8-10-24(11-9-22)21(26)25-12-14-27-15-13-25/h3-7,20H,2,8-18H2,1H3/t20-/m1/s1. The van der Waals surface area contributed by atoms with Crippen LogP contribution in [0.5, 0.6) is 0 Å². The summed E-state index contributed by atoms with van der Waals surface area (Å²) < 4.78 is 5.39. The SMILES string of the molecule is CCN1C[C@H](c2ccccc2)CC2(CCN(C(=O)N3CCOCC3)CC2)C1. The zero-order valence-electron chi connectivity index (χ0n) is 16.6. The number of benzene rings is 1. The molecule has 0 unspecified atom stereocenters.